The molecule has 0 N–H and O–H groups in total. The van der Waals surface area contributed by atoms with E-state index >= 15 is 0 Å². The summed E-state index contributed by atoms with van der Waals surface area (Å²) in [6.45, 7) is 0. The molecule has 0 aliphatic carbocycles. The second-order valence-corrected chi connectivity index (χ2v) is 3.82. The average Bonchev–Trinajstić information content (AvgIpc) is 2.82. The Bertz CT molecular complexity index is 644. The van der Waals surface area contributed by atoms with Crippen LogP contribution in [0.5, 0.6) is 5.75 Å². The molecule has 0 aliphatic rings. The van der Waals surface area contributed by atoms with E-state index in [-0.39, 0.29) is 0 Å². The van der Waals surface area contributed by atoms with E-state index in [0.717, 1.165) is 22.7 Å². The lowest BCUT2D eigenvalue weighted by Gasteiger charge is -1.98. The summed E-state index contributed by atoms with van der Waals surface area (Å²) < 4.78 is 7.17. The van der Waals surface area contributed by atoms with Crippen LogP contribution in [0.2, 0.25) is 0 Å². The Hall–Kier alpha value is -2.29. The quantitative estimate of drug-likeness (QED) is 0.669. The van der Waals surface area contributed by atoms with Crippen LogP contribution in [0.1, 0.15) is 0 Å². The molecule has 0 saturated carbocycles. The fourth-order valence-electron chi connectivity index (χ4n) is 1.84. The lowest BCUT2D eigenvalue weighted by molar-refractivity contribution is 0.414. The molecular formula is C14H12N2O. The number of fused-ring (bicyclic) bond motifs is 1. The number of rotatable bonds is 2. The summed E-state index contributed by atoms with van der Waals surface area (Å²) >= 11 is 0. The van der Waals surface area contributed by atoms with Crippen LogP contribution in [0.3, 0.4) is 0 Å². The number of methoxy groups -OCH3 is 1. The average molecular weight is 224 g/mol. The Balaban J connectivity index is 2.14. The van der Waals surface area contributed by atoms with Crippen molar-refractivity contribution in [2.75, 3.05) is 7.11 Å². The highest BCUT2D eigenvalue weighted by Crippen LogP contribution is 2.20. The van der Waals surface area contributed by atoms with E-state index in [1.54, 1.807) is 7.11 Å². The SMILES string of the molecule is COc1ccn2cc(-c3ccccc3)nc2c1. The van der Waals surface area contributed by atoms with Gasteiger partial charge in [-0.3, -0.25) is 0 Å². The van der Waals surface area contributed by atoms with E-state index in [0.29, 0.717) is 0 Å². The van der Waals surface area contributed by atoms with Crippen molar-refractivity contribution in [1.82, 2.24) is 9.38 Å². The zero-order chi connectivity index (χ0) is 11.7. The van der Waals surface area contributed by atoms with Gasteiger partial charge in [-0.05, 0) is 6.07 Å². The molecule has 2 heterocycles. The third-order valence-corrected chi connectivity index (χ3v) is 2.74. The fourth-order valence-corrected chi connectivity index (χ4v) is 1.84. The van der Waals surface area contributed by atoms with Gasteiger partial charge in [0.15, 0.2) is 0 Å². The molecule has 0 radical (unpaired) electrons. The molecule has 3 aromatic rings. The Kier molecular flexibility index (Phi) is 2.29. The Morgan fingerprint density at radius 1 is 1.12 bits per heavy atom. The first-order chi connectivity index (χ1) is 8.36. The standard InChI is InChI=1S/C14H12N2O/c1-17-12-7-8-16-10-13(15-14(16)9-12)11-5-3-2-4-6-11/h2-10H,1H3. The zero-order valence-corrected chi connectivity index (χ0v) is 9.50. The van der Waals surface area contributed by atoms with Gasteiger partial charge in [0.2, 0.25) is 0 Å². The minimum Gasteiger partial charge on any atom is -0.497 e. The zero-order valence-electron chi connectivity index (χ0n) is 9.50. The molecule has 3 heteroatoms. The maximum atomic E-state index is 5.18. The summed E-state index contributed by atoms with van der Waals surface area (Å²) in [5.74, 6) is 0.822. The van der Waals surface area contributed by atoms with Gasteiger partial charge in [-0.2, -0.15) is 0 Å². The second-order valence-electron chi connectivity index (χ2n) is 3.82. The maximum Gasteiger partial charge on any atom is 0.141 e. The van der Waals surface area contributed by atoms with Gasteiger partial charge < -0.3 is 9.14 Å². The highest BCUT2D eigenvalue weighted by Gasteiger charge is 2.04. The first-order valence-corrected chi connectivity index (χ1v) is 5.45. The van der Waals surface area contributed by atoms with Gasteiger partial charge >= 0.3 is 0 Å². The predicted octanol–water partition coefficient (Wildman–Crippen LogP) is 3.01. The maximum absolute atomic E-state index is 5.18. The normalized spacial score (nSPS) is 10.6. The van der Waals surface area contributed by atoms with Crippen molar-refractivity contribution in [1.29, 1.82) is 0 Å². The molecule has 3 rings (SSSR count). The Morgan fingerprint density at radius 3 is 2.71 bits per heavy atom. The lowest BCUT2D eigenvalue weighted by Crippen LogP contribution is -1.86. The molecule has 1 aromatic carbocycles. The minimum absolute atomic E-state index is 0.822. The summed E-state index contributed by atoms with van der Waals surface area (Å²) in [6, 6.07) is 14.0. The molecule has 0 fully saturated rings. The van der Waals surface area contributed by atoms with Crippen LogP contribution in [-0.2, 0) is 0 Å². The van der Waals surface area contributed by atoms with Gasteiger partial charge in [0.25, 0.3) is 0 Å². The number of hydrogen-bond donors (Lipinski definition) is 0. The lowest BCUT2D eigenvalue weighted by atomic mass is 10.2. The van der Waals surface area contributed by atoms with Gasteiger partial charge in [0, 0.05) is 24.0 Å². The summed E-state index contributed by atoms with van der Waals surface area (Å²) in [7, 11) is 1.66. The monoisotopic (exact) mass is 224 g/mol. The molecule has 0 spiro atoms. The van der Waals surface area contributed by atoms with Crippen LogP contribution in [-0.4, -0.2) is 16.5 Å². The summed E-state index contributed by atoms with van der Waals surface area (Å²) in [5.41, 5.74) is 2.98. The predicted molar refractivity (Wildman–Crippen MR) is 67.2 cm³/mol. The van der Waals surface area contributed by atoms with Crippen molar-refractivity contribution in [3.05, 3.63) is 54.9 Å². The molecule has 0 aliphatic heterocycles. The summed E-state index contributed by atoms with van der Waals surface area (Å²) in [6.07, 6.45) is 3.97. The van der Waals surface area contributed by atoms with Crippen molar-refractivity contribution in [2.24, 2.45) is 0 Å². The molecule has 2 aromatic heterocycles. The molecule has 0 unspecified atom stereocenters. The van der Waals surface area contributed by atoms with E-state index in [1.807, 2.05) is 47.1 Å². The van der Waals surface area contributed by atoms with Crippen molar-refractivity contribution >= 4 is 5.65 Å². The number of hydrogen-bond acceptors (Lipinski definition) is 2. The van der Waals surface area contributed by atoms with Gasteiger partial charge in [0.1, 0.15) is 11.4 Å². The van der Waals surface area contributed by atoms with Crippen molar-refractivity contribution in [2.45, 2.75) is 0 Å². The number of imidazole rings is 1. The summed E-state index contributed by atoms with van der Waals surface area (Å²) in [4.78, 5) is 4.57. The number of ether oxygens (including phenoxy) is 1. The number of pyridine rings is 1. The second kappa shape index (κ2) is 3.94. The topological polar surface area (TPSA) is 26.5 Å². The van der Waals surface area contributed by atoms with Crippen LogP contribution >= 0.6 is 0 Å². The highest BCUT2D eigenvalue weighted by atomic mass is 16.5. The molecule has 0 amide bonds. The van der Waals surface area contributed by atoms with E-state index in [4.69, 9.17) is 4.74 Å². The van der Waals surface area contributed by atoms with Gasteiger partial charge in [0.05, 0.1) is 12.8 Å². The smallest absolute Gasteiger partial charge is 0.141 e. The number of aromatic nitrogens is 2. The molecule has 0 atom stereocenters. The van der Waals surface area contributed by atoms with Crippen molar-refractivity contribution in [3.8, 4) is 17.0 Å². The van der Waals surface area contributed by atoms with Gasteiger partial charge in [-0.1, -0.05) is 30.3 Å². The largest absolute Gasteiger partial charge is 0.497 e. The molecule has 3 nitrogen and oxygen atoms in total. The molecule has 0 bridgehead atoms. The third-order valence-electron chi connectivity index (χ3n) is 2.74. The van der Waals surface area contributed by atoms with Crippen LogP contribution in [0.15, 0.2) is 54.9 Å². The van der Waals surface area contributed by atoms with Crippen LogP contribution in [0.25, 0.3) is 16.9 Å². The third kappa shape index (κ3) is 1.76. The van der Waals surface area contributed by atoms with Crippen LogP contribution < -0.4 is 4.74 Å². The summed E-state index contributed by atoms with van der Waals surface area (Å²) in [5, 5.41) is 0. The van der Waals surface area contributed by atoms with Gasteiger partial charge in [-0.25, -0.2) is 4.98 Å². The molecule has 0 saturated heterocycles. The first kappa shape index (κ1) is 9.90. The first-order valence-electron chi connectivity index (χ1n) is 5.45. The Morgan fingerprint density at radius 2 is 1.94 bits per heavy atom. The van der Waals surface area contributed by atoms with Crippen molar-refractivity contribution in [3.63, 3.8) is 0 Å². The Labute approximate surface area is 99.3 Å². The van der Waals surface area contributed by atoms with Gasteiger partial charge in [-0.15, -0.1) is 0 Å². The minimum atomic E-state index is 0.822. The molecule has 84 valence electrons. The highest BCUT2D eigenvalue weighted by molar-refractivity contribution is 5.63. The number of benzene rings is 1. The van der Waals surface area contributed by atoms with E-state index in [2.05, 4.69) is 17.1 Å². The van der Waals surface area contributed by atoms with Crippen molar-refractivity contribution < 1.29 is 4.74 Å². The number of nitrogens with zero attached hydrogens (tertiary/aromatic N) is 2. The van der Waals surface area contributed by atoms with E-state index in [1.165, 1.54) is 0 Å². The van der Waals surface area contributed by atoms with E-state index in [9.17, 15) is 0 Å². The van der Waals surface area contributed by atoms with Crippen LogP contribution in [0.4, 0.5) is 0 Å². The van der Waals surface area contributed by atoms with E-state index < -0.39 is 0 Å². The van der Waals surface area contributed by atoms with Crippen LogP contribution in [0, 0.1) is 0 Å². The molecule has 17 heavy (non-hydrogen) atoms. The fraction of sp³-hybridized carbons (Fsp3) is 0.0714. The molecular weight excluding hydrogens is 212 g/mol.